The van der Waals surface area contributed by atoms with Crippen LogP contribution in [0.25, 0.3) is 0 Å². The van der Waals surface area contributed by atoms with Gasteiger partial charge in [-0.15, -0.1) is 0 Å². The molecule has 7 nitrogen and oxygen atoms in total. The van der Waals surface area contributed by atoms with E-state index in [-0.39, 0.29) is 29.6 Å². The minimum atomic E-state index is -0.858. The number of nitriles is 1. The van der Waals surface area contributed by atoms with Crippen LogP contribution in [0, 0.1) is 17.1 Å². The summed E-state index contributed by atoms with van der Waals surface area (Å²) in [5.41, 5.74) is 9.48. The second kappa shape index (κ2) is 12.7. The third-order valence-electron chi connectivity index (χ3n) is 7.17. The van der Waals surface area contributed by atoms with Crippen LogP contribution in [0.5, 0.6) is 23.0 Å². The first-order valence-corrected chi connectivity index (χ1v) is 13.9. The highest BCUT2D eigenvalue weighted by Crippen LogP contribution is 2.43. The fraction of sp³-hybridized carbons (Fsp3) is 0.200. The Balaban J connectivity index is 1.30. The van der Waals surface area contributed by atoms with Gasteiger partial charge < -0.3 is 24.7 Å². The number of benzene rings is 4. The van der Waals surface area contributed by atoms with Crippen molar-refractivity contribution in [2.45, 2.75) is 45.3 Å². The first-order valence-electron chi connectivity index (χ1n) is 13.9. The number of fused-ring (bicyclic) bond motifs is 1. The van der Waals surface area contributed by atoms with E-state index < -0.39 is 18.0 Å². The third kappa shape index (κ3) is 6.62. The molecule has 2 N–H and O–H groups in total. The van der Waals surface area contributed by atoms with Gasteiger partial charge in [0.25, 0.3) is 0 Å². The number of rotatable bonds is 9. The highest BCUT2D eigenvalue weighted by atomic mass is 19.1. The Hall–Kier alpha value is -5.29. The molecular formula is C35H31FN2O5. The maximum Gasteiger partial charge on any atom is 0.352 e. The van der Waals surface area contributed by atoms with Gasteiger partial charge in [0.1, 0.15) is 47.1 Å². The summed E-state index contributed by atoms with van der Waals surface area (Å²) in [6, 6.07) is 28.3. The van der Waals surface area contributed by atoms with Crippen LogP contribution in [-0.4, -0.2) is 12.1 Å². The van der Waals surface area contributed by atoms with Gasteiger partial charge in [-0.2, -0.15) is 5.26 Å². The molecule has 4 aromatic carbocycles. The molecule has 0 fully saturated rings. The molecule has 0 saturated carbocycles. The van der Waals surface area contributed by atoms with Crippen LogP contribution in [0.3, 0.4) is 0 Å². The zero-order chi connectivity index (χ0) is 30.5. The molecule has 1 aliphatic rings. The van der Waals surface area contributed by atoms with Crippen molar-refractivity contribution in [1.82, 2.24) is 0 Å². The summed E-state index contributed by atoms with van der Waals surface area (Å²) in [6.45, 7) is 5.91. The number of halogens is 1. The molecule has 218 valence electrons. The number of nitrogens with zero attached hydrogens (tertiary/aromatic N) is 1. The summed E-state index contributed by atoms with van der Waals surface area (Å²) in [5, 5.41) is 9.90. The quantitative estimate of drug-likeness (QED) is 0.167. The zero-order valence-corrected chi connectivity index (χ0v) is 24.0. The van der Waals surface area contributed by atoms with E-state index in [1.54, 1.807) is 55.5 Å². The van der Waals surface area contributed by atoms with Crippen LogP contribution in [0.1, 0.15) is 54.9 Å². The van der Waals surface area contributed by atoms with E-state index in [0.29, 0.717) is 34.3 Å². The summed E-state index contributed by atoms with van der Waals surface area (Å²) in [7, 11) is 0. The van der Waals surface area contributed by atoms with Crippen LogP contribution in [0.2, 0.25) is 0 Å². The molecule has 0 amide bonds. The zero-order valence-electron chi connectivity index (χ0n) is 24.0. The smallest absolute Gasteiger partial charge is 0.352 e. The van der Waals surface area contributed by atoms with Gasteiger partial charge in [0.05, 0.1) is 5.92 Å². The molecule has 5 rings (SSSR count). The maximum absolute atomic E-state index is 13.9. The summed E-state index contributed by atoms with van der Waals surface area (Å²) in [6.07, 6.45) is -0.858. The van der Waals surface area contributed by atoms with Gasteiger partial charge in [0.2, 0.25) is 5.88 Å². The monoisotopic (exact) mass is 578 g/mol. The minimum absolute atomic E-state index is 0.0371. The number of carbonyl (C=O) groups is 1. The third-order valence-corrected chi connectivity index (χ3v) is 7.17. The van der Waals surface area contributed by atoms with E-state index in [9.17, 15) is 14.4 Å². The summed E-state index contributed by atoms with van der Waals surface area (Å²) >= 11 is 0. The molecule has 2 atom stereocenters. The molecule has 1 aliphatic heterocycles. The molecule has 0 saturated heterocycles. The van der Waals surface area contributed by atoms with Gasteiger partial charge in [-0.1, -0.05) is 62.4 Å². The van der Waals surface area contributed by atoms with Gasteiger partial charge in [0, 0.05) is 17.2 Å². The molecule has 0 bridgehead atoms. The average Bonchev–Trinajstić information content (AvgIpc) is 3.00. The summed E-state index contributed by atoms with van der Waals surface area (Å²) in [4.78, 5) is 12.8. The largest absolute Gasteiger partial charge is 0.489 e. The van der Waals surface area contributed by atoms with Crippen LogP contribution >= 0.6 is 0 Å². The molecule has 0 aliphatic carbocycles. The van der Waals surface area contributed by atoms with Crippen molar-refractivity contribution in [2.24, 2.45) is 5.73 Å². The molecule has 1 heterocycles. The highest BCUT2D eigenvalue weighted by molar-refractivity contribution is 5.77. The SMILES string of the molecule is CC(Oc1ccc(C(C)C)cc1)C(=O)Oc1ccc2c(c1)OC(N)=C(C#N)C2c1ccc(OCc2ccccc2F)cc1. The van der Waals surface area contributed by atoms with Gasteiger partial charge in [-0.25, -0.2) is 9.18 Å². The standard InChI is InChI=1S/C35H31FN2O5/c1-21(2)23-8-14-27(15-9-23)41-22(3)35(39)42-28-16-17-29-32(18-28)43-34(38)30(19-37)33(29)24-10-12-26(13-11-24)40-20-25-6-4-5-7-31(25)36/h4-18,21-22,33H,20,38H2,1-3H3. The lowest BCUT2D eigenvalue weighted by Gasteiger charge is -2.27. The van der Waals surface area contributed by atoms with E-state index in [0.717, 1.165) is 5.56 Å². The Morgan fingerprint density at radius 3 is 2.30 bits per heavy atom. The van der Waals surface area contributed by atoms with Gasteiger partial charge in [-0.05, 0) is 60.4 Å². The highest BCUT2D eigenvalue weighted by Gasteiger charge is 2.31. The van der Waals surface area contributed by atoms with E-state index in [1.165, 1.54) is 11.6 Å². The Morgan fingerprint density at radius 2 is 1.63 bits per heavy atom. The fourth-order valence-corrected chi connectivity index (χ4v) is 4.76. The van der Waals surface area contributed by atoms with E-state index >= 15 is 0 Å². The molecule has 43 heavy (non-hydrogen) atoms. The number of hydrogen-bond acceptors (Lipinski definition) is 7. The minimum Gasteiger partial charge on any atom is -0.489 e. The number of ether oxygens (including phenoxy) is 4. The molecule has 4 aromatic rings. The molecule has 8 heteroatoms. The van der Waals surface area contributed by atoms with Crippen molar-refractivity contribution in [3.63, 3.8) is 0 Å². The lowest BCUT2D eigenvalue weighted by atomic mass is 9.83. The predicted octanol–water partition coefficient (Wildman–Crippen LogP) is 7.12. The Labute approximate surface area is 249 Å². The van der Waals surface area contributed by atoms with E-state index in [2.05, 4.69) is 19.9 Å². The van der Waals surface area contributed by atoms with Crippen molar-refractivity contribution in [3.05, 3.63) is 131 Å². The van der Waals surface area contributed by atoms with Crippen molar-refractivity contribution in [3.8, 4) is 29.1 Å². The number of allylic oxidation sites excluding steroid dienone is 1. The van der Waals surface area contributed by atoms with Gasteiger partial charge in [-0.3, -0.25) is 0 Å². The second-order valence-electron chi connectivity index (χ2n) is 10.5. The van der Waals surface area contributed by atoms with Crippen LogP contribution in [0.4, 0.5) is 4.39 Å². The van der Waals surface area contributed by atoms with Crippen molar-refractivity contribution in [1.29, 1.82) is 5.26 Å². The van der Waals surface area contributed by atoms with E-state index in [4.69, 9.17) is 24.7 Å². The van der Waals surface area contributed by atoms with Crippen LogP contribution in [0.15, 0.2) is 102 Å². The van der Waals surface area contributed by atoms with Gasteiger partial charge in [0.15, 0.2) is 6.10 Å². The van der Waals surface area contributed by atoms with Crippen LogP contribution in [-0.2, 0) is 11.4 Å². The predicted molar refractivity (Wildman–Crippen MR) is 159 cm³/mol. The molecule has 0 spiro atoms. The summed E-state index contributed by atoms with van der Waals surface area (Å²) in [5.74, 6) is 0.650. The molecule has 0 aromatic heterocycles. The lowest BCUT2D eigenvalue weighted by molar-refractivity contribution is -0.141. The second-order valence-corrected chi connectivity index (χ2v) is 10.5. The van der Waals surface area contributed by atoms with Crippen LogP contribution < -0.4 is 24.7 Å². The molecule has 0 radical (unpaired) electrons. The lowest BCUT2D eigenvalue weighted by Crippen LogP contribution is -2.28. The van der Waals surface area contributed by atoms with Crippen molar-refractivity contribution >= 4 is 5.97 Å². The average molecular weight is 579 g/mol. The maximum atomic E-state index is 13.9. The molecular weight excluding hydrogens is 547 g/mol. The summed E-state index contributed by atoms with van der Waals surface area (Å²) < 4.78 is 36.8. The fourth-order valence-electron chi connectivity index (χ4n) is 4.76. The van der Waals surface area contributed by atoms with Crippen molar-refractivity contribution in [2.75, 3.05) is 0 Å². The number of carbonyl (C=O) groups excluding carboxylic acids is 1. The van der Waals surface area contributed by atoms with E-state index in [1.807, 2.05) is 36.4 Å². The first kappa shape index (κ1) is 29.2. The Kier molecular flexibility index (Phi) is 8.63. The number of hydrogen-bond donors (Lipinski definition) is 1. The number of esters is 1. The first-order chi connectivity index (χ1) is 20.7. The van der Waals surface area contributed by atoms with Crippen molar-refractivity contribution < 1.29 is 28.1 Å². The van der Waals surface area contributed by atoms with Gasteiger partial charge >= 0.3 is 5.97 Å². The Bertz CT molecular complexity index is 1690. The Morgan fingerprint density at radius 1 is 0.953 bits per heavy atom. The number of nitrogens with two attached hydrogens (primary N) is 1. The molecule has 2 unspecified atom stereocenters. The normalized spacial score (nSPS) is 14.7. The topological polar surface area (TPSA) is 104 Å².